The van der Waals surface area contributed by atoms with E-state index in [1.807, 2.05) is 36.6 Å². The van der Waals surface area contributed by atoms with Gasteiger partial charge in [-0.2, -0.15) is 5.26 Å². The molecule has 1 amide bonds. The molecule has 3 heterocycles. The van der Waals surface area contributed by atoms with Gasteiger partial charge in [0, 0.05) is 34.9 Å². The molecule has 0 saturated heterocycles. The van der Waals surface area contributed by atoms with Crippen molar-refractivity contribution in [3.63, 3.8) is 0 Å². The van der Waals surface area contributed by atoms with Crippen LogP contribution in [-0.2, 0) is 10.2 Å². The molecule has 4 rings (SSSR count). The van der Waals surface area contributed by atoms with Crippen LogP contribution in [0.25, 0.3) is 0 Å². The van der Waals surface area contributed by atoms with Gasteiger partial charge in [0.2, 0.25) is 5.91 Å². The van der Waals surface area contributed by atoms with Crippen molar-refractivity contribution in [2.45, 2.75) is 37.5 Å². The molecule has 6 heteroatoms. The van der Waals surface area contributed by atoms with Crippen LogP contribution in [0.4, 0.5) is 11.5 Å². The first-order chi connectivity index (χ1) is 14.2. The molecule has 1 aromatic heterocycles. The number of amides is 1. The second-order valence-corrected chi connectivity index (χ2v) is 7.72. The number of rotatable bonds is 7. The maximum atomic E-state index is 13.9. The van der Waals surface area contributed by atoms with Crippen LogP contribution in [0, 0.1) is 11.3 Å². The van der Waals surface area contributed by atoms with Crippen LogP contribution in [0.15, 0.2) is 54.2 Å². The highest BCUT2D eigenvalue weighted by Crippen LogP contribution is 2.50. The number of halogens is 1. The summed E-state index contributed by atoms with van der Waals surface area (Å²) in [6, 6.07) is 13.3. The number of fused-ring (bicyclic) bond motifs is 1. The van der Waals surface area contributed by atoms with Gasteiger partial charge in [-0.15, -0.1) is 4.67 Å². The van der Waals surface area contributed by atoms with Gasteiger partial charge in [-0.05, 0) is 49.6 Å². The predicted octanol–water partition coefficient (Wildman–Crippen LogP) is 4.27. The number of anilines is 2. The number of carbonyl (C=O) groups excluding carboxylic acids is 1. The molecule has 0 spiro atoms. The fourth-order valence-corrected chi connectivity index (χ4v) is 4.24. The second kappa shape index (κ2) is 8.05. The van der Waals surface area contributed by atoms with Gasteiger partial charge in [0.15, 0.2) is 0 Å². The number of nitrogens with zero attached hydrogens (tertiary/aromatic N) is 4. The van der Waals surface area contributed by atoms with E-state index in [1.54, 1.807) is 29.4 Å². The third kappa shape index (κ3) is 3.49. The Bertz CT molecular complexity index is 1080. The van der Waals surface area contributed by atoms with E-state index in [0.717, 1.165) is 29.7 Å². The molecule has 0 aliphatic carbocycles. The summed E-state index contributed by atoms with van der Waals surface area (Å²) in [5.41, 5.74) is 1.97. The lowest BCUT2D eigenvalue weighted by Crippen LogP contribution is -2.39. The second-order valence-electron chi connectivity index (χ2n) is 7.28. The van der Waals surface area contributed by atoms with Gasteiger partial charge in [0.05, 0.1) is 17.2 Å². The maximum Gasteiger partial charge on any atom is 0.295 e. The number of nitriles is 1. The van der Waals surface area contributed by atoms with E-state index in [-0.39, 0.29) is 5.91 Å². The molecule has 2 aliphatic heterocycles. The van der Waals surface area contributed by atoms with Gasteiger partial charge in [-0.1, -0.05) is 24.1 Å². The lowest BCUT2D eigenvalue weighted by molar-refractivity contribution is -0.122. The first-order valence-corrected chi connectivity index (χ1v) is 10.0. The molecule has 1 atom stereocenters. The zero-order valence-electron chi connectivity index (χ0n) is 15.9. The number of hydrogen-bond donors (Lipinski definition) is 0. The molecule has 0 saturated carbocycles. The van der Waals surface area contributed by atoms with Crippen LogP contribution in [0.2, 0.25) is 5.02 Å². The Morgan fingerprint density at radius 1 is 1.21 bits per heavy atom. The van der Waals surface area contributed by atoms with Crippen molar-refractivity contribution in [1.29, 1.82) is 5.26 Å². The molecular weight excluding hydrogens is 384 g/mol. The summed E-state index contributed by atoms with van der Waals surface area (Å²) in [6.07, 6.45) is 10.5. The normalized spacial score (nSPS) is 19.4. The lowest BCUT2D eigenvalue weighted by Gasteiger charge is -2.28. The van der Waals surface area contributed by atoms with Crippen molar-refractivity contribution in [2.75, 3.05) is 4.90 Å². The molecule has 0 bridgehead atoms. The Morgan fingerprint density at radius 3 is 2.76 bits per heavy atom. The molecule has 29 heavy (non-hydrogen) atoms. The smallest absolute Gasteiger partial charge is 0.273 e. The number of allylic oxidation sites excluding steroid dienone is 2. The molecular formula is C23H20ClN4O+. The molecule has 2 aromatic rings. The van der Waals surface area contributed by atoms with Crippen LogP contribution in [-0.4, -0.2) is 23.3 Å². The molecule has 2 aliphatic rings. The van der Waals surface area contributed by atoms with E-state index in [4.69, 9.17) is 16.9 Å². The van der Waals surface area contributed by atoms with Crippen LogP contribution in [0.1, 0.15) is 37.7 Å². The minimum absolute atomic E-state index is 0.00619. The third-order valence-electron chi connectivity index (χ3n) is 5.47. The molecule has 0 radical (unpaired) electrons. The standard InChI is InChI=1S/C23H20ClN4O/c24-18-6-8-19(9-7-18)28-21-20(5-4-13-27-21)23(22(28)29,11-2-1-3-12-25)15-17-10-14-26-16-17/h4-10,13-14,16H,1-3,11,15H2/q+1. The highest BCUT2D eigenvalue weighted by atomic mass is 35.5. The number of hydrogen-bond acceptors (Lipinski definition) is 3. The Labute approximate surface area is 174 Å². The number of aromatic nitrogens is 1. The van der Waals surface area contributed by atoms with E-state index in [2.05, 4.69) is 15.7 Å². The number of benzene rings is 1. The van der Waals surface area contributed by atoms with Crippen LogP contribution >= 0.6 is 11.6 Å². The van der Waals surface area contributed by atoms with E-state index in [9.17, 15) is 4.79 Å². The Hall–Kier alpha value is -3.19. The average Bonchev–Trinajstić information content (AvgIpc) is 3.32. The predicted molar refractivity (Wildman–Crippen MR) is 116 cm³/mol. The highest BCUT2D eigenvalue weighted by Gasteiger charge is 2.52. The zero-order valence-corrected chi connectivity index (χ0v) is 16.6. The Balaban J connectivity index is 1.78. The lowest BCUT2D eigenvalue weighted by atomic mass is 9.73. The Morgan fingerprint density at radius 2 is 2.03 bits per heavy atom. The molecule has 0 fully saturated rings. The zero-order chi connectivity index (χ0) is 20.3. The van der Waals surface area contributed by atoms with Gasteiger partial charge in [-0.3, -0.25) is 9.69 Å². The van der Waals surface area contributed by atoms with Crippen molar-refractivity contribution >= 4 is 41.4 Å². The first kappa shape index (κ1) is 19.1. The van der Waals surface area contributed by atoms with Crippen molar-refractivity contribution in [3.8, 4) is 6.07 Å². The van der Waals surface area contributed by atoms with E-state index in [1.165, 1.54) is 0 Å². The number of carbonyl (C=O) groups is 1. The monoisotopic (exact) mass is 403 g/mol. The number of pyridine rings is 1. The fraction of sp³-hybridized carbons (Fsp3) is 0.261. The largest absolute Gasteiger partial charge is 0.295 e. The molecule has 1 aromatic carbocycles. The SMILES string of the molecule is N#CCCCCC1(CC2=CC=[N+]=C2)C(=O)N(c2ccc(Cl)cc2)c2ncccc21. The van der Waals surface area contributed by atoms with Crippen molar-refractivity contribution < 1.29 is 4.79 Å². The van der Waals surface area contributed by atoms with E-state index < -0.39 is 5.41 Å². The topological polar surface area (TPSA) is 71.1 Å². The fourth-order valence-electron chi connectivity index (χ4n) is 4.11. The van der Waals surface area contributed by atoms with Crippen molar-refractivity contribution in [2.24, 2.45) is 0 Å². The molecule has 144 valence electrons. The highest BCUT2D eigenvalue weighted by molar-refractivity contribution is 6.30. The minimum Gasteiger partial charge on any atom is -0.273 e. The summed E-state index contributed by atoms with van der Waals surface area (Å²) in [5, 5.41) is 9.52. The Kier molecular flexibility index (Phi) is 5.31. The van der Waals surface area contributed by atoms with Gasteiger partial charge in [0.1, 0.15) is 5.82 Å². The summed E-state index contributed by atoms with van der Waals surface area (Å²) in [4.78, 5) is 20.2. The van der Waals surface area contributed by atoms with Crippen molar-refractivity contribution in [3.05, 3.63) is 64.8 Å². The van der Waals surface area contributed by atoms with Crippen LogP contribution in [0.5, 0.6) is 0 Å². The van der Waals surface area contributed by atoms with Crippen molar-refractivity contribution in [1.82, 2.24) is 9.65 Å². The van der Waals surface area contributed by atoms with Gasteiger partial charge >= 0.3 is 0 Å². The van der Waals surface area contributed by atoms with Gasteiger partial charge < -0.3 is 0 Å². The molecule has 0 N–H and O–H groups in total. The minimum atomic E-state index is -0.727. The summed E-state index contributed by atoms with van der Waals surface area (Å²) >= 11 is 6.05. The molecule has 1 unspecified atom stereocenters. The third-order valence-corrected chi connectivity index (χ3v) is 5.73. The number of unbranched alkanes of at least 4 members (excludes halogenated alkanes) is 2. The van der Waals surface area contributed by atoms with E-state index in [0.29, 0.717) is 30.1 Å². The summed E-state index contributed by atoms with van der Waals surface area (Å²) in [5.74, 6) is 0.673. The van der Waals surface area contributed by atoms with Crippen LogP contribution < -0.4 is 9.57 Å². The summed E-state index contributed by atoms with van der Waals surface area (Å²) in [7, 11) is 0. The average molecular weight is 404 g/mol. The summed E-state index contributed by atoms with van der Waals surface area (Å²) in [6.45, 7) is 0. The van der Waals surface area contributed by atoms with Gasteiger partial charge in [0.25, 0.3) is 12.4 Å². The van der Waals surface area contributed by atoms with Crippen LogP contribution in [0.3, 0.4) is 0 Å². The molecule has 5 nitrogen and oxygen atoms in total. The first-order valence-electron chi connectivity index (χ1n) is 9.64. The maximum absolute atomic E-state index is 13.9. The summed E-state index contributed by atoms with van der Waals surface area (Å²) < 4.78 is 4.17. The van der Waals surface area contributed by atoms with Gasteiger partial charge in [-0.25, -0.2) is 4.98 Å². The van der Waals surface area contributed by atoms with E-state index >= 15 is 0 Å². The quantitative estimate of drug-likeness (QED) is 0.511.